The van der Waals surface area contributed by atoms with Crippen molar-refractivity contribution in [2.45, 2.75) is 65.2 Å². The van der Waals surface area contributed by atoms with Crippen molar-refractivity contribution < 1.29 is 13.9 Å². The van der Waals surface area contributed by atoms with Crippen LogP contribution in [0.15, 0.2) is 24.3 Å². The number of morpholine rings is 1. The van der Waals surface area contributed by atoms with Gasteiger partial charge in [0.1, 0.15) is 11.6 Å². The summed E-state index contributed by atoms with van der Waals surface area (Å²) in [5.41, 5.74) is 0.974. The maximum atomic E-state index is 13.1. The summed E-state index contributed by atoms with van der Waals surface area (Å²) in [5.74, 6) is 0.626. The lowest BCUT2D eigenvalue weighted by Crippen LogP contribution is -2.49. The average molecular weight is 435 g/mol. The highest BCUT2D eigenvalue weighted by atomic mass is 32.1. The first kappa shape index (κ1) is 22.6. The van der Waals surface area contributed by atoms with Gasteiger partial charge in [-0.15, -0.1) is 0 Å². The zero-order valence-electron chi connectivity index (χ0n) is 18.2. The molecule has 0 N–H and O–H groups in total. The van der Waals surface area contributed by atoms with Crippen LogP contribution in [0.1, 0.15) is 51.9 Å². The van der Waals surface area contributed by atoms with E-state index in [0.717, 1.165) is 22.9 Å². The summed E-state index contributed by atoms with van der Waals surface area (Å²) in [6.45, 7) is 10.2. The van der Waals surface area contributed by atoms with Crippen molar-refractivity contribution in [1.82, 2.24) is 14.3 Å². The van der Waals surface area contributed by atoms with Crippen molar-refractivity contribution in [2.75, 3.05) is 24.5 Å². The molecular weight excluding hydrogens is 403 g/mol. The molecule has 1 aromatic heterocycles. The summed E-state index contributed by atoms with van der Waals surface area (Å²) in [6, 6.07) is 6.67. The van der Waals surface area contributed by atoms with Gasteiger partial charge in [-0.3, -0.25) is 4.79 Å². The molecule has 1 saturated heterocycles. The van der Waals surface area contributed by atoms with E-state index in [-0.39, 0.29) is 30.0 Å². The maximum Gasteiger partial charge on any atom is 0.224 e. The van der Waals surface area contributed by atoms with Gasteiger partial charge in [-0.2, -0.15) is 4.37 Å². The van der Waals surface area contributed by atoms with Gasteiger partial charge >= 0.3 is 0 Å². The predicted octanol–water partition coefficient (Wildman–Crippen LogP) is 3.90. The average Bonchev–Trinajstić information content (AvgIpc) is 3.16. The number of carbonyl (C=O) groups is 1. The van der Waals surface area contributed by atoms with Crippen LogP contribution >= 0.6 is 11.5 Å². The highest BCUT2D eigenvalue weighted by Gasteiger charge is 2.27. The third-order valence-electron chi connectivity index (χ3n) is 5.44. The molecule has 8 heteroatoms. The summed E-state index contributed by atoms with van der Waals surface area (Å²) in [4.78, 5) is 21.6. The smallest absolute Gasteiger partial charge is 0.224 e. The Kier molecular flexibility index (Phi) is 7.77. The van der Waals surface area contributed by atoms with Gasteiger partial charge < -0.3 is 14.5 Å². The van der Waals surface area contributed by atoms with Gasteiger partial charge in [0.2, 0.25) is 11.0 Å². The molecular formula is C22H31FN4O2S. The fourth-order valence-corrected chi connectivity index (χ4v) is 4.51. The number of aromatic nitrogens is 2. The molecule has 6 nitrogen and oxygen atoms in total. The zero-order chi connectivity index (χ0) is 21.7. The highest BCUT2D eigenvalue weighted by molar-refractivity contribution is 7.09. The maximum absolute atomic E-state index is 13.1. The van der Waals surface area contributed by atoms with Gasteiger partial charge in [0, 0.05) is 50.1 Å². The summed E-state index contributed by atoms with van der Waals surface area (Å²) in [6.07, 6.45) is 2.10. The number of nitrogens with zero attached hydrogens (tertiary/aromatic N) is 4. The van der Waals surface area contributed by atoms with Crippen LogP contribution in [-0.2, 0) is 16.0 Å². The number of halogens is 1. The SMILES string of the molecule is CCC(C)N(CCC(=O)N1CC(C)OC(C)C1)c1nc(Cc2ccc(F)cc2)ns1. The second kappa shape index (κ2) is 10.3. The molecule has 30 heavy (non-hydrogen) atoms. The first-order valence-electron chi connectivity index (χ1n) is 10.6. The monoisotopic (exact) mass is 434 g/mol. The van der Waals surface area contributed by atoms with Gasteiger partial charge in [-0.1, -0.05) is 19.1 Å². The van der Waals surface area contributed by atoms with Crippen LogP contribution in [0.25, 0.3) is 0 Å². The van der Waals surface area contributed by atoms with Gasteiger partial charge in [-0.25, -0.2) is 9.37 Å². The number of amides is 1. The summed E-state index contributed by atoms with van der Waals surface area (Å²) in [7, 11) is 0. The van der Waals surface area contributed by atoms with Crippen LogP contribution in [0.2, 0.25) is 0 Å². The van der Waals surface area contributed by atoms with Crippen molar-refractivity contribution in [3.63, 3.8) is 0 Å². The topological polar surface area (TPSA) is 58.6 Å². The van der Waals surface area contributed by atoms with Crippen molar-refractivity contribution in [2.24, 2.45) is 0 Å². The van der Waals surface area contributed by atoms with Crippen molar-refractivity contribution in [3.8, 4) is 0 Å². The van der Waals surface area contributed by atoms with E-state index < -0.39 is 0 Å². The van der Waals surface area contributed by atoms with Gasteiger partial charge in [0.25, 0.3) is 0 Å². The molecule has 2 heterocycles. The van der Waals surface area contributed by atoms with Crippen LogP contribution in [0, 0.1) is 5.82 Å². The largest absolute Gasteiger partial charge is 0.372 e. The molecule has 3 unspecified atom stereocenters. The number of benzene rings is 1. The van der Waals surface area contributed by atoms with Crippen LogP contribution in [0.5, 0.6) is 0 Å². The lowest BCUT2D eigenvalue weighted by molar-refractivity contribution is -0.143. The summed E-state index contributed by atoms with van der Waals surface area (Å²) >= 11 is 1.36. The van der Waals surface area contributed by atoms with Crippen LogP contribution in [-0.4, -0.2) is 58.0 Å². The van der Waals surface area contributed by atoms with E-state index in [0.29, 0.717) is 32.5 Å². The van der Waals surface area contributed by atoms with E-state index in [2.05, 4.69) is 23.1 Å². The molecule has 0 spiro atoms. The fraction of sp³-hybridized carbons (Fsp3) is 0.591. The summed E-state index contributed by atoms with van der Waals surface area (Å²) in [5, 5.41) is 0.831. The number of hydrogen-bond acceptors (Lipinski definition) is 6. The molecule has 3 rings (SSSR count). The van der Waals surface area contributed by atoms with Crippen molar-refractivity contribution >= 4 is 22.6 Å². The Morgan fingerprint density at radius 1 is 1.30 bits per heavy atom. The lowest BCUT2D eigenvalue weighted by atomic mass is 10.1. The normalized spacial score (nSPS) is 20.2. The number of hydrogen-bond donors (Lipinski definition) is 0. The molecule has 0 saturated carbocycles. The lowest BCUT2D eigenvalue weighted by Gasteiger charge is -2.36. The Bertz CT molecular complexity index is 819. The molecule has 1 aromatic carbocycles. The Morgan fingerprint density at radius 3 is 2.60 bits per heavy atom. The quantitative estimate of drug-likeness (QED) is 0.631. The molecule has 164 valence electrons. The first-order valence-corrected chi connectivity index (χ1v) is 11.4. The minimum atomic E-state index is -0.248. The second-order valence-corrected chi connectivity index (χ2v) is 8.78. The number of carbonyl (C=O) groups excluding carboxylic acids is 1. The van der Waals surface area contributed by atoms with E-state index in [9.17, 15) is 9.18 Å². The molecule has 0 aliphatic carbocycles. The summed E-state index contributed by atoms with van der Waals surface area (Å²) < 4.78 is 23.3. The van der Waals surface area contributed by atoms with Crippen LogP contribution < -0.4 is 4.90 Å². The van der Waals surface area contributed by atoms with Gasteiger partial charge in [-0.05, 0) is 44.9 Å². The van der Waals surface area contributed by atoms with Crippen LogP contribution in [0.4, 0.5) is 9.52 Å². The minimum Gasteiger partial charge on any atom is -0.372 e. The Hall–Kier alpha value is -2.06. The second-order valence-electron chi connectivity index (χ2n) is 8.05. The standard InChI is InChI=1S/C22H31FN4O2S/c1-5-15(2)27(11-10-21(28)26-13-16(3)29-17(4)14-26)22-24-20(25-30-22)12-18-6-8-19(23)9-7-18/h6-9,15-17H,5,10-14H2,1-4H3. The fourth-order valence-electron chi connectivity index (χ4n) is 3.70. The highest BCUT2D eigenvalue weighted by Crippen LogP contribution is 2.23. The van der Waals surface area contributed by atoms with Crippen molar-refractivity contribution in [3.05, 3.63) is 41.5 Å². The molecule has 1 amide bonds. The van der Waals surface area contributed by atoms with Crippen LogP contribution in [0.3, 0.4) is 0 Å². The predicted molar refractivity (Wildman–Crippen MR) is 117 cm³/mol. The third-order valence-corrected chi connectivity index (χ3v) is 6.23. The van der Waals surface area contributed by atoms with E-state index in [1.54, 1.807) is 12.1 Å². The zero-order valence-corrected chi connectivity index (χ0v) is 19.0. The van der Waals surface area contributed by atoms with E-state index in [1.165, 1.54) is 23.7 Å². The first-order chi connectivity index (χ1) is 14.4. The van der Waals surface area contributed by atoms with E-state index >= 15 is 0 Å². The Morgan fingerprint density at radius 2 is 1.97 bits per heavy atom. The minimum absolute atomic E-state index is 0.0700. The van der Waals surface area contributed by atoms with E-state index in [1.807, 2.05) is 18.7 Å². The number of rotatable bonds is 8. The molecule has 0 radical (unpaired) electrons. The third kappa shape index (κ3) is 5.98. The molecule has 3 atom stereocenters. The molecule has 2 aromatic rings. The number of ether oxygens (including phenoxy) is 1. The molecule has 1 fully saturated rings. The number of anilines is 1. The molecule has 1 aliphatic heterocycles. The van der Waals surface area contributed by atoms with Crippen molar-refractivity contribution in [1.29, 1.82) is 0 Å². The van der Waals surface area contributed by atoms with Gasteiger partial charge in [0.15, 0.2) is 0 Å². The Balaban J connectivity index is 1.63. The molecule has 1 aliphatic rings. The van der Waals surface area contributed by atoms with Gasteiger partial charge in [0.05, 0.1) is 12.2 Å². The molecule has 0 bridgehead atoms. The Labute approximate surface area is 182 Å². The van der Waals surface area contributed by atoms with E-state index in [4.69, 9.17) is 9.72 Å².